The van der Waals surface area contributed by atoms with Gasteiger partial charge in [0.2, 0.25) is 0 Å². The number of hydrogen-bond donors (Lipinski definition) is 1. The maximum absolute atomic E-state index is 11.5. The van der Waals surface area contributed by atoms with Crippen molar-refractivity contribution in [3.8, 4) is 17.2 Å². The lowest BCUT2D eigenvalue weighted by Crippen LogP contribution is -2.39. The third-order valence-electron chi connectivity index (χ3n) is 6.47. The van der Waals surface area contributed by atoms with Crippen LogP contribution in [-0.2, 0) is 11.4 Å². The lowest BCUT2D eigenvalue weighted by atomic mass is 9.91. The van der Waals surface area contributed by atoms with Gasteiger partial charge in [-0.25, -0.2) is 0 Å². The Balaban J connectivity index is 1.65. The number of carboxylic acid groups (broad SMARTS) is 1. The summed E-state index contributed by atoms with van der Waals surface area (Å²) in [5.74, 6) is 1.20. The van der Waals surface area contributed by atoms with Crippen molar-refractivity contribution < 1.29 is 24.1 Å². The molecule has 6 heteroatoms. The summed E-state index contributed by atoms with van der Waals surface area (Å²) >= 11 is 0. The fourth-order valence-electron chi connectivity index (χ4n) is 4.65. The maximum atomic E-state index is 11.5. The van der Waals surface area contributed by atoms with Crippen molar-refractivity contribution in [2.24, 2.45) is 5.92 Å². The molecule has 184 valence electrons. The van der Waals surface area contributed by atoms with Crippen molar-refractivity contribution in [1.82, 2.24) is 4.90 Å². The summed E-state index contributed by atoms with van der Waals surface area (Å²) in [6.07, 6.45) is 1.26. The Morgan fingerprint density at radius 1 is 0.943 bits per heavy atom. The molecule has 0 spiro atoms. The van der Waals surface area contributed by atoms with Crippen LogP contribution in [0.15, 0.2) is 72.8 Å². The lowest BCUT2D eigenvalue weighted by Gasteiger charge is -2.37. The van der Waals surface area contributed by atoms with E-state index in [0.29, 0.717) is 50.6 Å². The van der Waals surface area contributed by atoms with Crippen LogP contribution in [0.4, 0.5) is 0 Å². The molecule has 1 aliphatic heterocycles. The zero-order chi connectivity index (χ0) is 24.6. The van der Waals surface area contributed by atoms with Gasteiger partial charge in [-0.3, -0.25) is 9.69 Å². The van der Waals surface area contributed by atoms with E-state index in [4.69, 9.17) is 14.2 Å². The molecule has 1 N–H and O–H groups in total. The smallest absolute Gasteiger partial charge is 0.306 e. The highest BCUT2D eigenvalue weighted by atomic mass is 16.5. The van der Waals surface area contributed by atoms with Crippen LogP contribution in [0.1, 0.15) is 42.5 Å². The quantitative estimate of drug-likeness (QED) is 0.414. The molecular formula is C29H33NO5. The number of rotatable bonds is 10. The predicted molar refractivity (Wildman–Crippen MR) is 135 cm³/mol. The van der Waals surface area contributed by atoms with Gasteiger partial charge in [0.05, 0.1) is 25.7 Å². The molecule has 1 fully saturated rings. The van der Waals surface area contributed by atoms with Crippen LogP contribution in [0.3, 0.4) is 0 Å². The van der Waals surface area contributed by atoms with E-state index in [-0.39, 0.29) is 12.0 Å². The number of piperidine rings is 1. The van der Waals surface area contributed by atoms with E-state index in [1.54, 1.807) is 7.11 Å². The van der Waals surface area contributed by atoms with Crippen molar-refractivity contribution in [2.75, 3.05) is 26.8 Å². The van der Waals surface area contributed by atoms with E-state index in [9.17, 15) is 9.90 Å². The van der Waals surface area contributed by atoms with E-state index in [0.717, 1.165) is 22.4 Å². The van der Waals surface area contributed by atoms with E-state index >= 15 is 0 Å². The van der Waals surface area contributed by atoms with Crippen molar-refractivity contribution in [3.05, 3.63) is 89.5 Å². The van der Waals surface area contributed by atoms with Crippen molar-refractivity contribution >= 4 is 5.97 Å². The number of hydrogen-bond acceptors (Lipinski definition) is 5. The second kappa shape index (κ2) is 11.8. The minimum Gasteiger partial charge on any atom is -0.497 e. The number of methoxy groups -OCH3 is 1. The fourth-order valence-corrected chi connectivity index (χ4v) is 4.65. The minimum atomic E-state index is -0.707. The van der Waals surface area contributed by atoms with Gasteiger partial charge in [-0.1, -0.05) is 48.5 Å². The van der Waals surface area contributed by atoms with Crippen LogP contribution >= 0.6 is 0 Å². The van der Waals surface area contributed by atoms with Gasteiger partial charge in [0.1, 0.15) is 12.4 Å². The Labute approximate surface area is 207 Å². The molecule has 0 aliphatic carbocycles. The molecule has 3 aromatic carbocycles. The van der Waals surface area contributed by atoms with E-state index < -0.39 is 5.97 Å². The summed E-state index contributed by atoms with van der Waals surface area (Å²) < 4.78 is 17.6. The summed E-state index contributed by atoms with van der Waals surface area (Å²) in [4.78, 5) is 13.9. The van der Waals surface area contributed by atoms with Gasteiger partial charge in [-0.05, 0) is 73.8 Å². The first-order valence-electron chi connectivity index (χ1n) is 12.1. The number of likely N-dealkylation sites (tertiary alicyclic amines) is 1. The highest BCUT2D eigenvalue weighted by Crippen LogP contribution is 2.38. The van der Waals surface area contributed by atoms with Crippen molar-refractivity contribution in [2.45, 2.75) is 32.4 Å². The maximum Gasteiger partial charge on any atom is 0.306 e. The Morgan fingerprint density at radius 3 is 2.37 bits per heavy atom. The predicted octanol–water partition coefficient (Wildman–Crippen LogP) is 5.56. The van der Waals surface area contributed by atoms with Gasteiger partial charge in [-0.2, -0.15) is 0 Å². The molecule has 1 atom stereocenters. The third kappa shape index (κ3) is 6.14. The van der Waals surface area contributed by atoms with Crippen molar-refractivity contribution in [3.63, 3.8) is 0 Å². The van der Waals surface area contributed by atoms with Crippen LogP contribution in [0, 0.1) is 5.92 Å². The molecule has 0 saturated carbocycles. The number of aliphatic carboxylic acids is 1. The molecule has 0 aromatic heterocycles. The van der Waals surface area contributed by atoms with Crippen molar-refractivity contribution in [1.29, 1.82) is 0 Å². The second-order valence-corrected chi connectivity index (χ2v) is 8.74. The Bertz CT molecular complexity index is 1110. The average Bonchev–Trinajstić information content (AvgIpc) is 2.89. The zero-order valence-electron chi connectivity index (χ0n) is 20.4. The zero-order valence-corrected chi connectivity index (χ0v) is 20.4. The molecule has 1 unspecified atom stereocenters. The first kappa shape index (κ1) is 24.6. The molecule has 6 nitrogen and oxygen atoms in total. The Hall–Kier alpha value is -3.51. The molecule has 1 saturated heterocycles. The molecule has 1 heterocycles. The van der Waals surface area contributed by atoms with Crippen LogP contribution in [-0.4, -0.2) is 42.8 Å². The summed E-state index contributed by atoms with van der Waals surface area (Å²) in [6.45, 7) is 4.36. The number of nitrogens with zero attached hydrogens (tertiary/aromatic N) is 1. The number of carbonyl (C=O) groups is 1. The van der Waals surface area contributed by atoms with Gasteiger partial charge in [-0.15, -0.1) is 0 Å². The SMILES string of the molecule is CCOc1cc(C(c2cccc(OC)c2)N2CCC(C(=O)O)CC2)ccc1OCc1ccccc1. The molecule has 4 rings (SSSR count). The topological polar surface area (TPSA) is 68.2 Å². The van der Waals surface area contributed by atoms with E-state index in [2.05, 4.69) is 23.1 Å². The van der Waals surface area contributed by atoms with Crippen LogP contribution in [0.25, 0.3) is 0 Å². The summed E-state index contributed by atoms with van der Waals surface area (Å²) in [7, 11) is 1.67. The Morgan fingerprint density at radius 2 is 1.69 bits per heavy atom. The van der Waals surface area contributed by atoms with Gasteiger partial charge in [0.25, 0.3) is 0 Å². The normalized spacial score (nSPS) is 15.4. The standard InChI is InChI=1S/C29H33NO5/c1-3-34-27-19-24(12-13-26(27)35-20-21-8-5-4-6-9-21)28(23-10-7-11-25(18-23)33-2)30-16-14-22(15-17-30)29(31)32/h4-13,18-19,22,28H,3,14-17,20H2,1-2H3,(H,31,32). The number of carboxylic acids is 1. The second-order valence-electron chi connectivity index (χ2n) is 8.74. The minimum absolute atomic E-state index is 0.0535. The molecule has 0 radical (unpaired) electrons. The molecule has 0 bridgehead atoms. The van der Waals surface area contributed by atoms with Crippen LogP contribution in [0.2, 0.25) is 0 Å². The van der Waals surface area contributed by atoms with Gasteiger partial charge < -0.3 is 19.3 Å². The lowest BCUT2D eigenvalue weighted by molar-refractivity contribution is -0.143. The molecule has 3 aromatic rings. The third-order valence-corrected chi connectivity index (χ3v) is 6.47. The Kier molecular flexibility index (Phi) is 8.27. The van der Waals surface area contributed by atoms with Crippen LogP contribution < -0.4 is 14.2 Å². The highest BCUT2D eigenvalue weighted by Gasteiger charge is 2.31. The van der Waals surface area contributed by atoms with Crippen LogP contribution in [0.5, 0.6) is 17.2 Å². The summed E-state index contributed by atoms with van der Waals surface area (Å²) in [6, 6.07) is 24.2. The monoisotopic (exact) mass is 475 g/mol. The molecule has 35 heavy (non-hydrogen) atoms. The average molecular weight is 476 g/mol. The van der Waals surface area contributed by atoms with E-state index in [1.165, 1.54) is 0 Å². The highest BCUT2D eigenvalue weighted by molar-refractivity contribution is 5.70. The van der Waals surface area contributed by atoms with E-state index in [1.807, 2.05) is 61.5 Å². The van der Waals surface area contributed by atoms with Gasteiger partial charge in [0, 0.05) is 0 Å². The van der Waals surface area contributed by atoms with Gasteiger partial charge >= 0.3 is 5.97 Å². The number of ether oxygens (including phenoxy) is 3. The molecule has 0 amide bonds. The first-order chi connectivity index (χ1) is 17.1. The summed E-state index contributed by atoms with van der Waals surface area (Å²) in [5, 5.41) is 9.46. The van der Waals surface area contributed by atoms with Gasteiger partial charge in [0.15, 0.2) is 11.5 Å². The largest absolute Gasteiger partial charge is 0.497 e. The summed E-state index contributed by atoms with van der Waals surface area (Å²) in [5.41, 5.74) is 3.26. The first-order valence-corrected chi connectivity index (χ1v) is 12.1. The molecule has 1 aliphatic rings. The molecular weight excluding hydrogens is 442 g/mol. The fraction of sp³-hybridized carbons (Fsp3) is 0.345. The number of benzene rings is 3.